The Labute approximate surface area is 140 Å². The maximum Gasteiger partial charge on any atom is 0.170 e. The maximum absolute atomic E-state index is 8.81. The third kappa shape index (κ3) is 3.81. The number of amidine groups is 1. The number of nitrogens with zero attached hydrogens (tertiary/aromatic N) is 1. The normalized spacial score (nSPS) is 11.5. The van der Waals surface area contributed by atoms with E-state index in [1.807, 2.05) is 18.2 Å². The minimum Gasteiger partial charge on any atom is -0.409 e. The van der Waals surface area contributed by atoms with Gasteiger partial charge >= 0.3 is 0 Å². The molecule has 21 heavy (non-hydrogen) atoms. The lowest BCUT2D eigenvalue weighted by atomic mass is 10.1. The highest BCUT2D eigenvalue weighted by Crippen LogP contribution is 2.34. The zero-order valence-corrected chi connectivity index (χ0v) is 13.9. The fraction of sp³-hybridized carbons (Fsp3) is 0.0714. The third-order valence-electron chi connectivity index (χ3n) is 2.86. The maximum atomic E-state index is 8.81. The molecular formula is C14H12BrCl2N3O. The number of hydrogen-bond donors (Lipinski definition) is 3. The van der Waals surface area contributed by atoms with Gasteiger partial charge in [0.1, 0.15) is 0 Å². The Kier molecular flexibility index (Phi) is 5.33. The summed E-state index contributed by atoms with van der Waals surface area (Å²) in [5.41, 5.74) is 7.81. The Bertz CT molecular complexity index is 669. The van der Waals surface area contributed by atoms with Crippen LogP contribution in [0.5, 0.6) is 0 Å². The first-order chi connectivity index (χ1) is 10.0. The first kappa shape index (κ1) is 15.9. The van der Waals surface area contributed by atoms with Gasteiger partial charge in [0, 0.05) is 16.6 Å². The highest BCUT2D eigenvalue weighted by molar-refractivity contribution is 9.10. The van der Waals surface area contributed by atoms with Crippen molar-refractivity contribution in [3.8, 4) is 0 Å². The van der Waals surface area contributed by atoms with Gasteiger partial charge in [0.15, 0.2) is 5.84 Å². The minimum atomic E-state index is 0.0559. The van der Waals surface area contributed by atoms with Gasteiger partial charge in [-0.1, -0.05) is 68.6 Å². The van der Waals surface area contributed by atoms with E-state index >= 15 is 0 Å². The van der Waals surface area contributed by atoms with Crippen LogP contribution in [0, 0.1) is 0 Å². The molecule has 0 aliphatic rings. The molecule has 0 radical (unpaired) electrons. The summed E-state index contributed by atoms with van der Waals surface area (Å²) in [6.07, 6.45) is 0. The van der Waals surface area contributed by atoms with Gasteiger partial charge in [-0.05, 0) is 17.7 Å². The van der Waals surface area contributed by atoms with Crippen molar-refractivity contribution in [3.05, 3.63) is 62.0 Å². The van der Waals surface area contributed by atoms with Crippen molar-refractivity contribution >= 4 is 50.7 Å². The van der Waals surface area contributed by atoms with Crippen molar-refractivity contribution in [1.82, 2.24) is 0 Å². The average molecular weight is 389 g/mol. The molecule has 2 aromatic carbocycles. The zero-order chi connectivity index (χ0) is 15.4. The molecule has 4 nitrogen and oxygen atoms in total. The summed E-state index contributed by atoms with van der Waals surface area (Å²) in [5.74, 6) is 0.0559. The monoisotopic (exact) mass is 387 g/mol. The van der Waals surface area contributed by atoms with Gasteiger partial charge in [0.25, 0.3) is 0 Å². The van der Waals surface area contributed by atoms with E-state index in [2.05, 4.69) is 26.4 Å². The first-order valence-corrected chi connectivity index (χ1v) is 7.52. The van der Waals surface area contributed by atoms with Crippen LogP contribution in [0.2, 0.25) is 10.0 Å². The predicted molar refractivity (Wildman–Crippen MR) is 90.4 cm³/mol. The van der Waals surface area contributed by atoms with E-state index in [0.717, 1.165) is 10.0 Å². The number of oxime groups is 1. The summed E-state index contributed by atoms with van der Waals surface area (Å²) in [6, 6.07) is 10.8. The third-order valence-corrected chi connectivity index (χ3v) is 3.92. The number of anilines is 1. The Morgan fingerprint density at radius 3 is 2.48 bits per heavy atom. The average Bonchev–Trinajstić information content (AvgIpc) is 2.45. The molecule has 0 saturated heterocycles. The van der Waals surface area contributed by atoms with Gasteiger partial charge in [-0.3, -0.25) is 0 Å². The number of nitrogens with two attached hydrogens (primary N) is 1. The van der Waals surface area contributed by atoms with E-state index in [9.17, 15) is 0 Å². The molecule has 0 unspecified atom stereocenters. The molecule has 0 aliphatic heterocycles. The van der Waals surface area contributed by atoms with Crippen LogP contribution in [0.25, 0.3) is 0 Å². The summed E-state index contributed by atoms with van der Waals surface area (Å²) in [4.78, 5) is 0. The molecule has 2 aromatic rings. The molecule has 0 atom stereocenters. The number of halogens is 3. The van der Waals surface area contributed by atoms with E-state index in [-0.39, 0.29) is 5.84 Å². The van der Waals surface area contributed by atoms with Crippen LogP contribution in [-0.4, -0.2) is 11.0 Å². The lowest BCUT2D eigenvalue weighted by molar-refractivity contribution is 0.318. The minimum absolute atomic E-state index is 0.0559. The molecule has 0 aromatic heterocycles. The van der Waals surface area contributed by atoms with E-state index in [1.165, 1.54) is 0 Å². The second-order valence-electron chi connectivity index (χ2n) is 4.24. The van der Waals surface area contributed by atoms with Crippen LogP contribution in [0.3, 0.4) is 0 Å². The van der Waals surface area contributed by atoms with Crippen LogP contribution in [0.4, 0.5) is 5.69 Å². The smallest absolute Gasteiger partial charge is 0.170 e. The van der Waals surface area contributed by atoms with Crippen molar-refractivity contribution in [2.75, 3.05) is 5.32 Å². The van der Waals surface area contributed by atoms with Crippen molar-refractivity contribution < 1.29 is 5.21 Å². The molecule has 0 spiro atoms. The van der Waals surface area contributed by atoms with Crippen LogP contribution >= 0.6 is 39.1 Å². The van der Waals surface area contributed by atoms with Crippen LogP contribution in [0.15, 0.2) is 46.0 Å². The lowest BCUT2D eigenvalue weighted by Crippen LogP contribution is -2.16. The van der Waals surface area contributed by atoms with Crippen LogP contribution in [-0.2, 0) is 6.54 Å². The summed E-state index contributed by atoms with van der Waals surface area (Å²) >= 11 is 15.7. The number of hydrogen-bond acceptors (Lipinski definition) is 3. The molecule has 0 amide bonds. The SMILES string of the molecule is NC(=NO)c1ccccc1CNc1c(Cl)cc(Br)cc1Cl. The largest absolute Gasteiger partial charge is 0.409 e. The number of rotatable bonds is 4. The summed E-state index contributed by atoms with van der Waals surface area (Å²) in [6.45, 7) is 0.438. The molecule has 0 fully saturated rings. The Hall–Kier alpha value is -1.43. The number of benzene rings is 2. The molecule has 0 heterocycles. The molecule has 7 heteroatoms. The van der Waals surface area contributed by atoms with Gasteiger partial charge in [-0.2, -0.15) is 0 Å². The second kappa shape index (κ2) is 7.02. The van der Waals surface area contributed by atoms with Gasteiger partial charge in [-0.15, -0.1) is 0 Å². The Morgan fingerprint density at radius 1 is 1.24 bits per heavy atom. The first-order valence-electron chi connectivity index (χ1n) is 5.97. The molecular weight excluding hydrogens is 377 g/mol. The van der Waals surface area contributed by atoms with Crippen LogP contribution in [0.1, 0.15) is 11.1 Å². The quantitative estimate of drug-likeness (QED) is 0.313. The van der Waals surface area contributed by atoms with Crippen molar-refractivity contribution in [2.24, 2.45) is 10.9 Å². The van der Waals surface area contributed by atoms with E-state index in [4.69, 9.17) is 34.1 Å². The van der Waals surface area contributed by atoms with Crippen molar-refractivity contribution in [1.29, 1.82) is 0 Å². The van der Waals surface area contributed by atoms with Crippen LogP contribution < -0.4 is 11.1 Å². The van der Waals surface area contributed by atoms with E-state index in [0.29, 0.717) is 27.8 Å². The molecule has 2 rings (SSSR count). The van der Waals surface area contributed by atoms with Gasteiger partial charge in [0.05, 0.1) is 15.7 Å². The topological polar surface area (TPSA) is 70.6 Å². The summed E-state index contributed by atoms with van der Waals surface area (Å²) < 4.78 is 0.806. The molecule has 4 N–H and O–H groups in total. The van der Waals surface area contributed by atoms with Gasteiger partial charge in [0.2, 0.25) is 0 Å². The second-order valence-corrected chi connectivity index (χ2v) is 5.97. The summed E-state index contributed by atoms with van der Waals surface area (Å²) in [5, 5.41) is 16.0. The Morgan fingerprint density at radius 2 is 1.86 bits per heavy atom. The highest BCUT2D eigenvalue weighted by Gasteiger charge is 2.10. The molecule has 0 aliphatic carbocycles. The van der Waals surface area contributed by atoms with Crippen molar-refractivity contribution in [2.45, 2.75) is 6.54 Å². The van der Waals surface area contributed by atoms with E-state index in [1.54, 1.807) is 18.2 Å². The molecule has 110 valence electrons. The molecule has 0 saturated carbocycles. The number of nitrogens with one attached hydrogen (secondary N) is 1. The van der Waals surface area contributed by atoms with Gasteiger partial charge in [-0.25, -0.2) is 0 Å². The predicted octanol–water partition coefficient (Wildman–Crippen LogP) is 4.46. The highest BCUT2D eigenvalue weighted by atomic mass is 79.9. The fourth-order valence-electron chi connectivity index (χ4n) is 1.87. The Balaban J connectivity index is 2.26. The standard InChI is InChI=1S/C14H12BrCl2N3O/c15-9-5-11(16)13(12(17)6-9)19-7-8-3-1-2-4-10(8)14(18)20-21/h1-6,19,21H,7H2,(H2,18,20). The van der Waals surface area contributed by atoms with Gasteiger partial charge < -0.3 is 16.3 Å². The van der Waals surface area contributed by atoms with E-state index < -0.39 is 0 Å². The summed E-state index contributed by atoms with van der Waals surface area (Å²) in [7, 11) is 0. The lowest BCUT2D eigenvalue weighted by Gasteiger charge is -2.13. The fourth-order valence-corrected chi connectivity index (χ4v) is 3.22. The van der Waals surface area contributed by atoms with Crippen molar-refractivity contribution in [3.63, 3.8) is 0 Å². The molecule has 0 bridgehead atoms. The zero-order valence-electron chi connectivity index (χ0n) is 10.8.